The van der Waals surface area contributed by atoms with Gasteiger partial charge in [-0.2, -0.15) is 0 Å². The van der Waals surface area contributed by atoms with Crippen LogP contribution in [0, 0.1) is 0 Å². The number of fused-ring (bicyclic) bond motifs is 1. The summed E-state index contributed by atoms with van der Waals surface area (Å²) in [4.78, 5) is 14.8. The van der Waals surface area contributed by atoms with Crippen molar-refractivity contribution in [3.63, 3.8) is 0 Å². The average molecular weight is 266 g/mol. The summed E-state index contributed by atoms with van der Waals surface area (Å²) in [5.41, 5.74) is 1.51. The molecule has 0 saturated carbocycles. The number of hydrogen-bond acceptors (Lipinski definition) is 3. The maximum atomic E-state index is 10.5. The zero-order valence-corrected chi connectivity index (χ0v) is 10.6. The lowest BCUT2D eigenvalue weighted by atomic mass is 10.1. The summed E-state index contributed by atoms with van der Waals surface area (Å²) in [7, 11) is 1.58. The van der Waals surface area contributed by atoms with E-state index >= 15 is 0 Å². The molecule has 0 aliphatic carbocycles. The molecule has 0 fully saturated rings. The van der Waals surface area contributed by atoms with Crippen LogP contribution in [0.2, 0.25) is 5.02 Å². The van der Waals surface area contributed by atoms with Crippen molar-refractivity contribution in [1.82, 2.24) is 4.98 Å². The van der Waals surface area contributed by atoms with Gasteiger partial charge in [-0.3, -0.25) is 9.78 Å². The molecule has 0 aliphatic heterocycles. The van der Waals surface area contributed by atoms with Gasteiger partial charge in [0, 0.05) is 18.0 Å². The molecule has 18 heavy (non-hydrogen) atoms. The molecular weight excluding hydrogens is 254 g/mol. The fourth-order valence-corrected chi connectivity index (χ4v) is 1.98. The number of ether oxygens (including phenoxy) is 1. The Bertz CT molecular complexity index is 598. The van der Waals surface area contributed by atoms with E-state index in [9.17, 15) is 4.79 Å². The summed E-state index contributed by atoms with van der Waals surface area (Å²) in [6.45, 7) is 0. The summed E-state index contributed by atoms with van der Waals surface area (Å²) in [6, 6.07) is 5.37. The topological polar surface area (TPSA) is 59.4 Å². The molecular formula is C13H12ClNO3. The van der Waals surface area contributed by atoms with Gasteiger partial charge >= 0.3 is 5.97 Å². The number of carbonyl (C=O) groups is 1. The Morgan fingerprint density at radius 2 is 2.28 bits per heavy atom. The van der Waals surface area contributed by atoms with Crippen LogP contribution < -0.4 is 4.74 Å². The number of carboxylic acids is 1. The molecule has 2 aromatic rings. The zero-order valence-electron chi connectivity index (χ0n) is 9.81. The first kappa shape index (κ1) is 12.6. The van der Waals surface area contributed by atoms with E-state index in [-0.39, 0.29) is 6.42 Å². The van der Waals surface area contributed by atoms with E-state index in [1.54, 1.807) is 25.4 Å². The number of aromatic nitrogens is 1. The molecule has 0 unspecified atom stereocenters. The van der Waals surface area contributed by atoms with E-state index in [0.717, 1.165) is 10.9 Å². The number of aliphatic carboxylic acids is 1. The minimum absolute atomic E-state index is 0.0794. The fraction of sp³-hybridized carbons (Fsp3) is 0.231. The first-order valence-corrected chi connectivity index (χ1v) is 5.82. The Morgan fingerprint density at radius 3 is 2.94 bits per heavy atom. The molecule has 0 aliphatic rings. The van der Waals surface area contributed by atoms with Crippen LogP contribution in [0.1, 0.15) is 12.0 Å². The second-order valence-corrected chi connectivity index (χ2v) is 4.29. The minimum Gasteiger partial charge on any atom is -0.496 e. The van der Waals surface area contributed by atoms with Crippen LogP contribution in [0.4, 0.5) is 0 Å². The van der Waals surface area contributed by atoms with Gasteiger partial charge < -0.3 is 9.84 Å². The minimum atomic E-state index is -0.826. The van der Waals surface area contributed by atoms with E-state index in [1.807, 2.05) is 6.07 Å². The van der Waals surface area contributed by atoms with Crippen LogP contribution in [-0.4, -0.2) is 23.2 Å². The first-order valence-electron chi connectivity index (χ1n) is 5.44. The Kier molecular flexibility index (Phi) is 3.67. The number of benzene rings is 1. The van der Waals surface area contributed by atoms with Crippen molar-refractivity contribution in [2.75, 3.05) is 7.11 Å². The van der Waals surface area contributed by atoms with Gasteiger partial charge in [0.1, 0.15) is 5.75 Å². The van der Waals surface area contributed by atoms with E-state index in [2.05, 4.69) is 4.98 Å². The van der Waals surface area contributed by atoms with Crippen molar-refractivity contribution in [2.24, 2.45) is 0 Å². The van der Waals surface area contributed by atoms with Gasteiger partial charge in [-0.15, -0.1) is 0 Å². The zero-order chi connectivity index (χ0) is 13.1. The normalized spacial score (nSPS) is 10.6. The molecule has 1 N–H and O–H groups in total. The van der Waals surface area contributed by atoms with Gasteiger partial charge in [0.25, 0.3) is 0 Å². The van der Waals surface area contributed by atoms with Crippen molar-refractivity contribution in [3.05, 3.63) is 35.0 Å². The number of aryl methyl sites for hydroxylation is 1. The summed E-state index contributed by atoms with van der Waals surface area (Å²) >= 11 is 6.05. The van der Waals surface area contributed by atoms with Gasteiger partial charge in [0.2, 0.25) is 0 Å². The predicted molar refractivity (Wildman–Crippen MR) is 69.3 cm³/mol. The lowest BCUT2D eigenvalue weighted by Gasteiger charge is -2.08. The molecule has 94 valence electrons. The summed E-state index contributed by atoms with van der Waals surface area (Å²) < 4.78 is 5.25. The molecule has 4 nitrogen and oxygen atoms in total. The maximum Gasteiger partial charge on any atom is 0.303 e. The lowest BCUT2D eigenvalue weighted by Crippen LogP contribution is -1.98. The van der Waals surface area contributed by atoms with Gasteiger partial charge in [-0.05, 0) is 30.2 Å². The van der Waals surface area contributed by atoms with Crippen molar-refractivity contribution in [1.29, 1.82) is 0 Å². The lowest BCUT2D eigenvalue weighted by molar-refractivity contribution is -0.136. The molecule has 0 amide bonds. The molecule has 1 heterocycles. The number of pyridine rings is 1. The van der Waals surface area contributed by atoms with E-state index < -0.39 is 5.97 Å². The fourth-order valence-electron chi connectivity index (χ4n) is 1.77. The van der Waals surface area contributed by atoms with Gasteiger partial charge in [0.15, 0.2) is 0 Å². The Morgan fingerprint density at radius 1 is 1.50 bits per heavy atom. The van der Waals surface area contributed by atoms with E-state index in [1.165, 1.54) is 0 Å². The second-order valence-electron chi connectivity index (χ2n) is 3.88. The second kappa shape index (κ2) is 5.23. The maximum absolute atomic E-state index is 10.5. The summed E-state index contributed by atoms with van der Waals surface area (Å²) in [5, 5.41) is 10.0. The monoisotopic (exact) mass is 265 g/mol. The van der Waals surface area contributed by atoms with Crippen LogP contribution in [0.5, 0.6) is 5.75 Å². The third-order valence-electron chi connectivity index (χ3n) is 2.66. The van der Waals surface area contributed by atoms with Gasteiger partial charge in [-0.1, -0.05) is 11.6 Å². The highest BCUT2D eigenvalue weighted by atomic mass is 35.5. The molecule has 0 saturated heterocycles. The molecule has 1 aromatic heterocycles. The van der Waals surface area contributed by atoms with Crippen molar-refractivity contribution in [3.8, 4) is 5.75 Å². The van der Waals surface area contributed by atoms with Gasteiger partial charge in [-0.25, -0.2) is 0 Å². The molecule has 5 heteroatoms. The van der Waals surface area contributed by atoms with Gasteiger partial charge in [0.05, 0.1) is 17.6 Å². The Balaban J connectivity index is 2.45. The molecule has 0 bridgehead atoms. The smallest absolute Gasteiger partial charge is 0.303 e. The Labute approximate surface area is 109 Å². The van der Waals surface area contributed by atoms with E-state index in [0.29, 0.717) is 22.7 Å². The number of nitrogens with zero attached hydrogens (tertiary/aromatic N) is 1. The predicted octanol–water partition coefficient (Wildman–Crippen LogP) is 2.91. The SMILES string of the molecule is COc1ccc(Cl)c2ncc(CCC(=O)O)cc12. The molecule has 0 atom stereocenters. The van der Waals surface area contributed by atoms with Crippen molar-refractivity contribution < 1.29 is 14.6 Å². The standard InChI is InChI=1S/C13H12ClNO3/c1-18-11-4-3-10(14)13-9(11)6-8(7-15-13)2-5-12(16)17/h3-4,6-7H,2,5H2,1H3,(H,16,17). The number of methoxy groups -OCH3 is 1. The molecule has 2 rings (SSSR count). The van der Waals surface area contributed by atoms with Crippen molar-refractivity contribution >= 4 is 28.5 Å². The highest BCUT2D eigenvalue weighted by Crippen LogP contribution is 2.30. The number of halogens is 1. The third-order valence-corrected chi connectivity index (χ3v) is 2.97. The molecule has 1 aromatic carbocycles. The third kappa shape index (κ3) is 2.54. The highest BCUT2D eigenvalue weighted by Gasteiger charge is 2.08. The largest absolute Gasteiger partial charge is 0.496 e. The Hall–Kier alpha value is -1.81. The highest BCUT2D eigenvalue weighted by molar-refractivity contribution is 6.35. The molecule has 0 radical (unpaired) electrons. The quantitative estimate of drug-likeness (QED) is 0.923. The van der Waals surface area contributed by atoms with Crippen LogP contribution in [0.25, 0.3) is 10.9 Å². The average Bonchev–Trinajstić information content (AvgIpc) is 2.37. The van der Waals surface area contributed by atoms with Crippen LogP contribution in [-0.2, 0) is 11.2 Å². The first-order chi connectivity index (χ1) is 8.61. The number of hydrogen-bond donors (Lipinski definition) is 1. The van der Waals surface area contributed by atoms with Crippen molar-refractivity contribution in [2.45, 2.75) is 12.8 Å². The van der Waals surface area contributed by atoms with Crippen LogP contribution >= 0.6 is 11.6 Å². The van der Waals surface area contributed by atoms with Crippen LogP contribution in [0.15, 0.2) is 24.4 Å². The van der Waals surface area contributed by atoms with E-state index in [4.69, 9.17) is 21.4 Å². The van der Waals surface area contributed by atoms with Crippen LogP contribution in [0.3, 0.4) is 0 Å². The summed E-state index contributed by atoms with van der Waals surface area (Å²) in [6.07, 6.45) is 2.17. The summed E-state index contributed by atoms with van der Waals surface area (Å²) in [5.74, 6) is -0.146. The molecule has 0 spiro atoms. The number of carboxylic acid groups (broad SMARTS) is 1. The number of rotatable bonds is 4.